The van der Waals surface area contributed by atoms with E-state index in [0.717, 1.165) is 19.4 Å². The molecule has 0 aliphatic rings. The van der Waals surface area contributed by atoms with Crippen LogP contribution in [0.5, 0.6) is 0 Å². The first kappa shape index (κ1) is 12.2. The molecule has 15 heavy (non-hydrogen) atoms. The highest BCUT2D eigenvalue weighted by Crippen LogP contribution is 2.16. The summed E-state index contributed by atoms with van der Waals surface area (Å²) in [7, 11) is 1.90. The molecule has 84 valence electrons. The fraction of sp³-hybridized carbons (Fsp3) is 0.538. The van der Waals surface area contributed by atoms with Crippen LogP contribution >= 0.6 is 0 Å². The molecule has 0 aliphatic heterocycles. The number of benzene rings is 1. The van der Waals surface area contributed by atoms with Crippen LogP contribution in [0.15, 0.2) is 24.3 Å². The summed E-state index contributed by atoms with van der Waals surface area (Å²) in [6, 6.07) is 8.35. The van der Waals surface area contributed by atoms with Gasteiger partial charge >= 0.3 is 0 Å². The van der Waals surface area contributed by atoms with Crippen LogP contribution in [-0.2, 0) is 6.42 Å². The Balaban J connectivity index is 2.56. The van der Waals surface area contributed by atoms with Crippen molar-refractivity contribution in [1.29, 1.82) is 0 Å². The van der Waals surface area contributed by atoms with Gasteiger partial charge < -0.3 is 10.4 Å². The van der Waals surface area contributed by atoms with Crippen molar-refractivity contribution in [2.45, 2.75) is 32.3 Å². The minimum absolute atomic E-state index is 0.613. The van der Waals surface area contributed by atoms with E-state index in [-0.39, 0.29) is 0 Å². The third-order valence-corrected chi connectivity index (χ3v) is 2.62. The highest BCUT2D eigenvalue weighted by atomic mass is 16.3. The van der Waals surface area contributed by atoms with Gasteiger partial charge in [-0.2, -0.15) is 0 Å². The third-order valence-electron chi connectivity index (χ3n) is 2.62. The summed E-state index contributed by atoms with van der Waals surface area (Å²) in [4.78, 5) is 0. The molecular weight excluding hydrogens is 186 g/mol. The number of nitrogens with one attached hydrogen (secondary N) is 1. The van der Waals surface area contributed by atoms with Crippen molar-refractivity contribution in [3.8, 4) is 0 Å². The lowest BCUT2D eigenvalue weighted by Crippen LogP contribution is -2.31. The lowest BCUT2D eigenvalue weighted by atomic mass is 9.93. The fourth-order valence-electron chi connectivity index (χ4n) is 1.63. The molecule has 0 heterocycles. The van der Waals surface area contributed by atoms with Crippen molar-refractivity contribution in [3.63, 3.8) is 0 Å². The Bertz CT molecular complexity index is 290. The molecule has 0 amide bonds. The molecule has 2 heteroatoms. The van der Waals surface area contributed by atoms with Crippen LogP contribution in [-0.4, -0.2) is 24.3 Å². The number of hydrogen-bond donors (Lipinski definition) is 2. The van der Waals surface area contributed by atoms with Gasteiger partial charge in [-0.05, 0) is 39.4 Å². The maximum Gasteiger partial charge on any atom is 0.0672 e. The Morgan fingerprint density at radius 3 is 2.40 bits per heavy atom. The van der Waals surface area contributed by atoms with Gasteiger partial charge in [0.25, 0.3) is 0 Å². The van der Waals surface area contributed by atoms with Gasteiger partial charge in [-0.3, -0.25) is 0 Å². The van der Waals surface area contributed by atoms with E-state index in [1.807, 2.05) is 14.0 Å². The zero-order valence-corrected chi connectivity index (χ0v) is 9.88. The van der Waals surface area contributed by atoms with Crippen molar-refractivity contribution in [1.82, 2.24) is 5.32 Å². The second-order valence-corrected chi connectivity index (χ2v) is 4.51. The number of aryl methyl sites for hydroxylation is 1. The molecule has 1 aromatic rings. The predicted octanol–water partition coefficient (Wildman–Crippen LogP) is 1.90. The van der Waals surface area contributed by atoms with Crippen LogP contribution in [0.25, 0.3) is 0 Å². The first-order chi connectivity index (χ1) is 7.03. The Labute approximate surface area is 92.3 Å². The van der Waals surface area contributed by atoms with Gasteiger partial charge in [0.15, 0.2) is 0 Å². The van der Waals surface area contributed by atoms with E-state index in [2.05, 4.69) is 36.5 Å². The third kappa shape index (κ3) is 4.45. The minimum atomic E-state index is -0.613. The van der Waals surface area contributed by atoms with Gasteiger partial charge in [-0.25, -0.2) is 0 Å². The first-order valence-electron chi connectivity index (χ1n) is 5.46. The Kier molecular flexibility index (Phi) is 4.30. The maximum atomic E-state index is 10.1. The number of rotatable bonds is 5. The summed E-state index contributed by atoms with van der Waals surface area (Å²) in [5, 5.41) is 13.2. The lowest BCUT2D eigenvalue weighted by Gasteiger charge is -2.23. The molecule has 0 spiro atoms. The van der Waals surface area contributed by atoms with E-state index < -0.39 is 5.60 Å². The van der Waals surface area contributed by atoms with Crippen LogP contribution in [0.1, 0.15) is 24.5 Å². The quantitative estimate of drug-likeness (QED) is 0.773. The smallest absolute Gasteiger partial charge is 0.0672 e. The fourth-order valence-corrected chi connectivity index (χ4v) is 1.63. The van der Waals surface area contributed by atoms with Crippen LogP contribution in [0.2, 0.25) is 0 Å². The van der Waals surface area contributed by atoms with Gasteiger partial charge in [0, 0.05) is 6.42 Å². The number of hydrogen-bond acceptors (Lipinski definition) is 2. The van der Waals surface area contributed by atoms with Crippen LogP contribution in [0, 0.1) is 6.92 Å². The molecule has 0 fully saturated rings. The van der Waals surface area contributed by atoms with E-state index in [4.69, 9.17) is 0 Å². The second-order valence-electron chi connectivity index (χ2n) is 4.51. The van der Waals surface area contributed by atoms with Crippen molar-refractivity contribution < 1.29 is 5.11 Å². The molecule has 0 aliphatic carbocycles. The highest BCUT2D eigenvalue weighted by molar-refractivity contribution is 5.22. The summed E-state index contributed by atoms with van der Waals surface area (Å²) < 4.78 is 0. The summed E-state index contributed by atoms with van der Waals surface area (Å²) >= 11 is 0. The van der Waals surface area contributed by atoms with Crippen LogP contribution < -0.4 is 5.32 Å². The highest BCUT2D eigenvalue weighted by Gasteiger charge is 2.19. The molecular formula is C13H21NO. The molecule has 0 saturated heterocycles. The number of aliphatic hydroxyl groups is 1. The lowest BCUT2D eigenvalue weighted by molar-refractivity contribution is 0.0520. The molecule has 1 unspecified atom stereocenters. The Morgan fingerprint density at radius 1 is 1.27 bits per heavy atom. The molecule has 0 bridgehead atoms. The normalized spacial score (nSPS) is 14.9. The average molecular weight is 207 g/mol. The van der Waals surface area contributed by atoms with Crippen molar-refractivity contribution in [3.05, 3.63) is 35.4 Å². The average Bonchev–Trinajstić information content (AvgIpc) is 2.18. The zero-order chi connectivity index (χ0) is 11.3. The van der Waals surface area contributed by atoms with E-state index in [1.54, 1.807) is 0 Å². The SMILES string of the molecule is CNCCC(C)(O)Cc1ccc(C)cc1. The summed E-state index contributed by atoms with van der Waals surface area (Å²) in [5.41, 5.74) is 1.84. The van der Waals surface area contributed by atoms with Crippen molar-refractivity contribution in [2.75, 3.05) is 13.6 Å². The van der Waals surface area contributed by atoms with E-state index in [1.165, 1.54) is 11.1 Å². The van der Waals surface area contributed by atoms with E-state index in [0.29, 0.717) is 0 Å². The second kappa shape index (κ2) is 5.29. The maximum absolute atomic E-state index is 10.1. The van der Waals surface area contributed by atoms with Gasteiger partial charge in [0.1, 0.15) is 0 Å². The van der Waals surface area contributed by atoms with Gasteiger partial charge in [-0.15, -0.1) is 0 Å². The van der Waals surface area contributed by atoms with Crippen LogP contribution in [0.4, 0.5) is 0 Å². The molecule has 1 rings (SSSR count). The minimum Gasteiger partial charge on any atom is -0.390 e. The molecule has 0 radical (unpaired) electrons. The molecule has 2 N–H and O–H groups in total. The summed E-state index contributed by atoms with van der Waals surface area (Å²) in [5.74, 6) is 0. The largest absolute Gasteiger partial charge is 0.390 e. The predicted molar refractivity (Wildman–Crippen MR) is 64.1 cm³/mol. The molecule has 0 saturated carbocycles. The molecule has 0 aromatic heterocycles. The monoisotopic (exact) mass is 207 g/mol. The summed E-state index contributed by atoms with van der Waals surface area (Å²) in [6.07, 6.45) is 1.49. The summed E-state index contributed by atoms with van der Waals surface area (Å²) in [6.45, 7) is 4.81. The van der Waals surface area contributed by atoms with Gasteiger partial charge in [-0.1, -0.05) is 29.8 Å². The van der Waals surface area contributed by atoms with E-state index >= 15 is 0 Å². The standard InChI is InChI=1S/C13H21NO/c1-11-4-6-12(7-5-11)10-13(2,15)8-9-14-3/h4-7,14-15H,8-10H2,1-3H3. The van der Waals surface area contributed by atoms with Gasteiger partial charge in [0.05, 0.1) is 5.60 Å². The first-order valence-corrected chi connectivity index (χ1v) is 5.46. The van der Waals surface area contributed by atoms with E-state index in [9.17, 15) is 5.11 Å². The molecule has 1 aromatic carbocycles. The topological polar surface area (TPSA) is 32.3 Å². The Hall–Kier alpha value is -0.860. The molecule has 1 atom stereocenters. The molecule has 2 nitrogen and oxygen atoms in total. The van der Waals surface area contributed by atoms with Crippen LogP contribution in [0.3, 0.4) is 0 Å². The Morgan fingerprint density at radius 2 is 1.87 bits per heavy atom. The van der Waals surface area contributed by atoms with Crippen molar-refractivity contribution in [2.24, 2.45) is 0 Å². The van der Waals surface area contributed by atoms with Crippen molar-refractivity contribution >= 4 is 0 Å². The zero-order valence-electron chi connectivity index (χ0n) is 9.88. The van der Waals surface area contributed by atoms with Gasteiger partial charge in [0.2, 0.25) is 0 Å².